The molecule has 10 heteroatoms. The van der Waals surface area contributed by atoms with Gasteiger partial charge in [0.05, 0.1) is 5.56 Å². The van der Waals surface area contributed by atoms with Gasteiger partial charge in [-0.25, -0.2) is 0 Å². The number of halogens is 6. The first-order chi connectivity index (χ1) is 17.5. The van der Waals surface area contributed by atoms with E-state index in [1.165, 1.54) is 5.56 Å². The van der Waals surface area contributed by atoms with Gasteiger partial charge in [0, 0.05) is 37.4 Å². The van der Waals surface area contributed by atoms with Crippen molar-refractivity contribution in [1.29, 1.82) is 0 Å². The second-order valence-corrected chi connectivity index (χ2v) is 10.5. The van der Waals surface area contributed by atoms with Crippen LogP contribution in [-0.2, 0) is 23.9 Å². The van der Waals surface area contributed by atoms with Crippen molar-refractivity contribution in [2.45, 2.75) is 69.4 Å². The Bertz CT molecular complexity index is 1130. The van der Waals surface area contributed by atoms with E-state index in [1.54, 1.807) is 0 Å². The van der Waals surface area contributed by atoms with Crippen LogP contribution >= 0.6 is 0 Å². The molecular formula is C27H29F6N3O. The Morgan fingerprint density at radius 1 is 0.973 bits per heavy atom. The molecule has 0 N–H and O–H groups in total. The molecule has 0 bridgehead atoms. The minimum atomic E-state index is -4.74. The number of likely N-dealkylation sites (tertiary alicyclic amines) is 1. The number of hydrogen-bond donors (Lipinski definition) is 0. The average molecular weight is 526 g/mol. The summed E-state index contributed by atoms with van der Waals surface area (Å²) in [5.74, 6) is -0.652. The van der Waals surface area contributed by atoms with Crippen LogP contribution in [0.3, 0.4) is 0 Å². The minimum Gasteiger partial charge on any atom is -0.337 e. The standard InChI is InChI=1S/C27H29F6N3O/c28-26(29,30)21-14-20-17-36(13-9-23(20)34-16-21)24(37)25(27(31,32)33)10-6-22(15-25)35-11-7-19(8-12-35)18-4-2-1-3-5-18/h1-5,14,16,19,22H,6-13,15,17H2. The summed E-state index contributed by atoms with van der Waals surface area (Å²) in [6.45, 7) is 1.07. The quantitative estimate of drug-likeness (QED) is 0.464. The monoisotopic (exact) mass is 525 g/mol. The van der Waals surface area contributed by atoms with Gasteiger partial charge in [-0.3, -0.25) is 9.78 Å². The van der Waals surface area contributed by atoms with Gasteiger partial charge in [0.15, 0.2) is 0 Å². The number of aromatic nitrogens is 1. The van der Waals surface area contributed by atoms with Crippen LogP contribution in [0.1, 0.15) is 60.4 Å². The number of benzene rings is 1. The van der Waals surface area contributed by atoms with Crippen molar-refractivity contribution in [2.24, 2.45) is 5.41 Å². The molecule has 1 aliphatic carbocycles. The summed E-state index contributed by atoms with van der Waals surface area (Å²) in [6, 6.07) is 10.6. The Kier molecular flexibility index (Phi) is 6.75. The smallest absolute Gasteiger partial charge is 0.337 e. The molecule has 2 atom stereocenters. The highest BCUT2D eigenvalue weighted by atomic mass is 19.4. The Morgan fingerprint density at radius 3 is 2.32 bits per heavy atom. The van der Waals surface area contributed by atoms with Crippen LogP contribution in [-0.4, -0.2) is 52.5 Å². The number of fused-ring (bicyclic) bond motifs is 1. The first kappa shape index (κ1) is 26.0. The molecule has 1 saturated heterocycles. The predicted molar refractivity (Wildman–Crippen MR) is 124 cm³/mol. The Balaban J connectivity index is 1.30. The first-order valence-corrected chi connectivity index (χ1v) is 12.7. The lowest BCUT2D eigenvalue weighted by Crippen LogP contribution is -2.53. The van der Waals surface area contributed by atoms with Gasteiger partial charge >= 0.3 is 12.4 Å². The molecule has 1 aromatic carbocycles. The zero-order chi connectivity index (χ0) is 26.4. The van der Waals surface area contributed by atoms with Crippen LogP contribution in [0, 0.1) is 5.41 Å². The summed E-state index contributed by atoms with van der Waals surface area (Å²) in [5.41, 5.74) is -1.69. The summed E-state index contributed by atoms with van der Waals surface area (Å²) < 4.78 is 83.0. The van der Waals surface area contributed by atoms with Crippen LogP contribution in [0.25, 0.3) is 0 Å². The van der Waals surface area contributed by atoms with Crippen molar-refractivity contribution >= 4 is 5.91 Å². The molecule has 2 unspecified atom stereocenters. The molecule has 1 amide bonds. The zero-order valence-electron chi connectivity index (χ0n) is 20.3. The molecule has 37 heavy (non-hydrogen) atoms. The maximum absolute atomic E-state index is 14.5. The van der Waals surface area contributed by atoms with Crippen molar-refractivity contribution in [1.82, 2.24) is 14.8 Å². The van der Waals surface area contributed by atoms with Gasteiger partial charge in [-0.15, -0.1) is 0 Å². The first-order valence-electron chi connectivity index (χ1n) is 12.7. The summed E-state index contributed by atoms with van der Waals surface area (Å²) in [5, 5.41) is 0. The van der Waals surface area contributed by atoms with Crippen molar-refractivity contribution in [3.63, 3.8) is 0 Å². The predicted octanol–water partition coefficient (Wildman–Crippen LogP) is 5.97. The van der Waals surface area contributed by atoms with Crippen molar-refractivity contribution < 1.29 is 31.1 Å². The normalized spacial score (nSPS) is 25.8. The fourth-order valence-electron chi connectivity index (χ4n) is 6.28. The van der Waals surface area contributed by atoms with Crippen LogP contribution < -0.4 is 0 Å². The van der Waals surface area contributed by atoms with E-state index in [-0.39, 0.29) is 50.4 Å². The van der Waals surface area contributed by atoms with Crippen molar-refractivity contribution in [3.05, 3.63) is 65.0 Å². The van der Waals surface area contributed by atoms with E-state index in [4.69, 9.17) is 0 Å². The average Bonchev–Trinajstić information content (AvgIpc) is 3.35. The number of alkyl halides is 6. The zero-order valence-corrected chi connectivity index (χ0v) is 20.3. The molecule has 3 heterocycles. The Hall–Kier alpha value is -2.62. The lowest BCUT2D eigenvalue weighted by atomic mass is 9.82. The molecule has 2 aromatic rings. The molecule has 0 spiro atoms. The molecule has 200 valence electrons. The number of piperidine rings is 1. The maximum atomic E-state index is 14.5. The fourth-order valence-corrected chi connectivity index (χ4v) is 6.28. The summed E-state index contributed by atoms with van der Waals surface area (Å²) in [7, 11) is 0. The number of carbonyl (C=O) groups excluding carboxylic acids is 1. The third-order valence-corrected chi connectivity index (χ3v) is 8.41. The highest BCUT2D eigenvalue weighted by Gasteiger charge is 2.64. The maximum Gasteiger partial charge on any atom is 0.417 e. The van der Waals surface area contributed by atoms with E-state index in [0.29, 0.717) is 24.7 Å². The van der Waals surface area contributed by atoms with Crippen LogP contribution in [0.15, 0.2) is 42.6 Å². The number of nitrogens with zero attached hydrogens (tertiary/aromatic N) is 3. The molecule has 3 aliphatic rings. The number of amides is 1. The SMILES string of the molecule is O=C(N1CCc2ncc(C(F)(F)F)cc2C1)C1(C(F)(F)F)CCC(N2CCC(c3ccccc3)CC2)C1. The summed E-state index contributed by atoms with van der Waals surface area (Å²) in [6.07, 6.45) is -7.14. The lowest BCUT2D eigenvalue weighted by Gasteiger charge is -2.40. The van der Waals surface area contributed by atoms with Gasteiger partial charge in [-0.05, 0) is 68.3 Å². The van der Waals surface area contributed by atoms with Gasteiger partial charge in [0.25, 0.3) is 0 Å². The number of carbonyl (C=O) groups is 1. The fraction of sp³-hybridized carbons (Fsp3) is 0.556. The molecule has 4 nitrogen and oxygen atoms in total. The topological polar surface area (TPSA) is 36.4 Å². The third-order valence-electron chi connectivity index (χ3n) is 8.41. The van der Waals surface area contributed by atoms with Crippen molar-refractivity contribution in [2.75, 3.05) is 19.6 Å². The van der Waals surface area contributed by atoms with Crippen LogP contribution in [0.2, 0.25) is 0 Å². The molecule has 1 aromatic heterocycles. The van der Waals surface area contributed by atoms with Crippen LogP contribution in [0.4, 0.5) is 26.3 Å². The van der Waals surface area contributed by atoms with Gasteiger partial charge in [0.2, 0.25) is 5.91 Å². The van der Waals surface area contributed by atoms with E-state index in [0.717, 1.165) is 30.0 Å². The van der Waals surface area contributed by atoms with Gasteiger partial charge < -0.3 is 9.80 Å². The second-order valence-electron chi connectivity index (χ2n) is 10.5. The molecule has 5 rings (SSSR count). The third kappa shape index (κ3) is 4.96. The molecule has 0 radical (unpaired) electrons. The number of hydrogen-bond acceptors (Lipinski definition) is 3. The van der Waals surface area contributed by atoms with Gasteiger partial charge in [0.1, 0.15) is 5.41 Å². The largest absolute Gasteiger partial charge is 0.417 e. The highest BCUT2D eigenvalue weighted by Crippen LogP contribution is 2.53. The Labute approximate surface area is 211 Å². The lowest BCUT2D eigenvalue weighted by molar-refractivity contribution is -0.227. The molecule has 2 fully saturated rings. The summed E-state index contributed by atoms with van der Waals surface area (Å²) in [4.78, 5) is 20.5. The highest BCUT2D eigenvalue weighted by molar-refractivity contribution is 5.84. The Morgan fingerprint density at radius 2 is 1.68 bits per heavy atom. The van der Waals surface area contributed by atoms with Crippen LogP contribution in [0.5, 0.6) is 0 Å². The second kappa shape index (κ2) is 9.60. The van der Waals surface area contributed by atoms with Gasteiger partial charge in [-0.1, -0.05) is 30.3 Å². The van der Waals surface area contributed by atoms with E-state index in [9.17, 15) is 31.1 Å². The molecule has 2 aliphatic heterocycles. The van der Waals surface area contributed by atoms with E-state index in [2.05, 4.69) is 22.0 Å². The summed E-state index contributed by atoms with van der Waals surface area (Å²) >= 11 is 0. The number of pyridine rings is 1. The molecular weight excluding hydrogens is 496 g/mol. The molecule has 1 saturated carbocycles. The number of rotatable bonds is 3. The van der Waals surface area contributed by atoms with Gasteiger partial charge in [-0.2, -0.15) is 26.3 Å². The van der Waals surface area contributed by atoms with E-state index >= 15 is 0 Å². The van der Waals surface area contributed by atoms with E-state index < -0.39 is 29.2 Å². The minimum absolute atomic E-state index is 0.00909. The van der Waals surface area contributed by atoms with Crippen molar-refractivity contribution in [3.8, 4) is 0 Å². The van der Waals surface area contributed by atoms with E-state index in [1.807, 2.05) is 18.2 Å².